The number of methoxy groups -OCH3 is 1. The summed E-state index contributed by atoms with van der Waals surface area (Å²) in [5, 5.41) is 19.4. The normalized spacial score (nSPS) is 12.2. The molecule has 0 heterocycles. The minimum atomic E-state index is -0.765. The number of aliphatic hydroxyl groups excluding tert-OH is 1. The molecule has 0 fully saturated rings. The van der Waals surface area contributed by atoms with Crippen molar-refractivity contribution in [2.24, 2.45) is 0 Å². The highest BCUT2D eigenvalue weighted by Crippen LogP contribution is 2.37. The topological polar surface area (TPSA) is 58.9 Å². The van der Waals surface area contributed by atoms with Crippen LogP contribution in [-0.4, -0.2) is 23.9 Å². The molecule has 0 amide bonds. The number of hydrogen-bond acceptors (Lipinski definition) is 4. The first kappa shape index (κ1) is 12.6. The molecule has 0 aliphatic carbocycles. The lowest BCUT2D eigenvalue weighted by Gasteiger charge is -2.14. The van der Waals surface area contributed by atoms with E-state index in [4.69, 9.17) is 9.47 Å². The van der Waals surface area contributed by atoms with E-state index < -0.39 is 6.10 Å². The van der Waals surface area contributed by atoms with Crippen molar-refractivity contribution < 1.29 is 19.7 Å². The zero-order valence-corrected chi connectivity index (χ0v) is 9.86. The second kappa shape index (κ2) is 5.61. The Balaban J connectivity index is 3.10. The summed E-state index contributed by atoms with van der Waals surface area (Å²) < 4.78 is 10.5. The molecule has 4 heteroatoms. The number of hydrogen-bond donors (Lipinski definition) is 2. The Morgan fingerprint density at radius 1 is 1.38 bits per heavy atom. The molecule has 0 aromatic heterocycles. The number of ether oxygens (including phenoxy) is 2. The van der Waals surface area contributed by atoms with Crippen LogP contribution in [0.1, 0.15) is 31.9 Å². The molecule has 0 aliphatic heterocycles. The SMILES string of the molecule is CCCOc1cc(OC)cc(C(C)O)c1O. The molecule has 0 bridgehead atoms. The third-order valence-corrected chi connectivity index (χ3v) is 2.23. The minimum absolute atomic E-state index is 0.0238. The van der Waals surface area contributed by atoms with E-state index in [0.717, 1.165) is 6.42 Å². The van der Waals surface area contributed by atoms with Crippen molar-refractivity contribution in [2.45, 2.75) is 26.4 Å². The molecule has 1 aromatic carbocycles. The number of phenols is 1. The lowest BCUT2D eigenvalue weighted by molar-refractivity contribution is 0.192. The molecule has 4 nitrogen and oxygen atoms in total. The maximum atomic E-state index is 9.87. The Morgan fingerprint density at radius 2 is 2.06 bits per heavy atom. The molecule has 90 valence electrons. The van der Waals surface area contributed by atoms with Gasteiger partial charge in [-0.2, -0.15) is 0 Å². The van der Waals surface area contributed by atoms with Gasteiger partial charge in [0.1, 0.15) is 5.75 Å². The lowest BCUT2D eigenvalue weighted by Crippen LogP contribution is -2.00. The van der Waals surface area contributed by atoms with Crippen LogP contribution in [0.5, 0.6) is 17.2 Å². The van der Waals surface area contributed by atoms with Crippen molar-refractivity contribution in [3.63, 3.8) is 0 Å². The van der Waals surface area contributed by atoms with Crippen LogP contribution in [0, 0.1) is 0 Å². The Labute approximate surface area is 95.4 Å². The zero-order valence-electron chi connectivity index (χ0n) is 9.86. The smallest absolute Gasteiger partial charge is 0.164 e. The summed E-state index contributed by atoms with van der Waals surface area (Å²) in [5.41, 5.74) is 0.408. The van der Waals surface area contributed by atoms with Gasteiger partial charge in [0, 0.05) is 11.6 Å². The Kier molecular flexibility index (Phi) is 4.43. The molecule has 1 aromatic rings. The molecule has 1 atom stereocenters. The first-order valence-corrected chi connectivity index (χ1v) is 5.31. The average Bonchev–Trinajstić information content (AvgIpc) is 2.27. The van der Waals surface area contributed by atoms with Crippen molar-refractivity contribution in [1.29, 1.82) is 0 Å². The van der Waals surface area contributed by atoms with Gasteiger partial charge >= 0.3 is 0 Å². The van der Waals surface area contributed by atoms with Gasteiger partial charge in [0.25, 0.3) is 0 Å². The summed E-state index contributed by atoms with van der Waals surface area (Å²) in [5.74, 6) is 0.876. The number of benzene rings is 1. The summed E-state index contributed by atoms with van der Waals surface area (Å²) in [6.45, 7) is 4.07. The Hall–Kier alpha value is -1.42. The predicted molar refractivity (Wildman–Crippen MR) is 61.1 cm³/mol. The third-order valence-electron chi connectivity index (χ3n) is 2.23. The van der Waals surface area contributed by atoms with Gasteiger partial charge in [-0.1, -0.05) is 6.92 Å². The van der Waals surface area contributed by atoms with Crippen LogP contribution < -0.4 is 9.47 Å². The van der Waals surface area contributed by atoms with Gasteiger partial charge in [0.05, 0.1) is 19.8 Å². The fourth-order valence-electron chi connectivity index (χ4n) is 1.36. The van der Waals surface area contributed by atoms with Crippen LogP contribution in [0.2, 0.25) is 0 Å². The zero-order chi connectivity index (χ0) is 12.1. The van der Waals surface area contributed by atoms with Gasteiger partial charge in [-0.25, -0.2) is 0 Å². The van der Waals surface area contributed by atoms with E-state index in [1.165, 1.54) is 7.11 Å². The second-order valence-corrected chi connectivity index (χ2v) is 3.59. The molecule has 0 saturated heterocycles. The van der Waals surface area contributed by atoms with E-state index in [0.29, 0.717) is 23.7 Å². The molecule has 2 N–H and O–H groups in total. The lowest BCUT2D eigenvalue weighted by atomic mass is 10.1. The van der Waals surface area contributed by atoms with E-state index in [-0.39, 0.29) is 5.75 Å². The average molecular weight is 226 g/mol. The summed E-state index contributed by atoms with van der Waals surface area (Å²) in [7, 11) is 1.53. The number of phenolic OH excluding ortho intramolecular Hbond substituents is 1. The summed E-state index contributed by atoms with van der Waals surface area (Å²) in [6.07, 6.45) is 0.0831. The predicted octanol–water partition coefficient (Wildman–Crippen LogP) is 2.24. The molecule has 0 saturated carbocycles. The molecule has 1 unspecified atom stereocenters. The first-order chi connectivity index (χ1) is 7.60. The number of aliphatic hydroxyl groups is 1. The Bertz CT molecular complexity index is 347. The van der Waals surface area contributed by atoms with Gasteiger partial charge in [-0.3, -0.25) is 0 Å². The van der Waals surface area contributed by atoms with Gasteiger partial charge in [0.2, 0.25) is 0 Å². The molecule has 16 heavy (non-hydrogen) atoms. The standard InChI is InChI=1S/C12H18O4/c1-4-5-16-11-7-9(15-3)6-10(8(2)13)12(11)14/h6-8,13-14H,4-5H2,1-3H3. The van der Waals surface area contributed by atoms with Crippen molar-refractivity contribution in [3.8, 4) is 17.2 Å². The maximum Gasteiger partial charge on any atom is 0.164 e. The minimum Gasteiger partial charge on any atom is -0.504 e. The van der Waals surface area contributed by atoms with Crippen molar-refractivity contribution >= 4 is 0 Å². The summed E-state index contributed by atoms with van der Waals surface area (Å²) in [4.78, 5) is 0. The van der Waals surface area contributed by atoms with Gasteiger partial charge in [-0.05, 0) is 19.4 Å². The quantitative estimate of drug-likeness (QED) is 0.808. The Morgan fingerprint density at radius 3 is 2.56 bits per heavy atom. The molecular weight excluding hydrogens is 208 g/mol. The van der Waals surface area contributed by atoms with E-state index in [1.54, 1.807) is 19.1 Å². The fourth-order valence-corrected chi connectivity index (χ4v) is 1.36. The van der Waals surface area contributed by atoms with Crippen LogP contribution in [0.25, 0.3) is 0 Å². The fraction of sp³-hybridized carbons (Fsp3) is 0.500. The third kappa shape index (κ3) is 2.79. The van der Waals surface area contributed by atoms with Crippen LogP contribution in [0.15, 0.2) is 12.1 Å². The van der Waals surface area contributed by atoms with Crippen molar-refractivity contribution in [2.75, 3.05) is 13.7 Å². The molecular formula is C12H18O4. The maximum absolute atomic E-state index is 9.87. The highest BCUT2D eigenvalue weighted by Gasteiger charge is 2.15. The van der Waals surface area contributed by atoms with Crippen molar-refractivity contribution in [1.82, 2.24) is 0 Å². The summed E-state index contributed by atoms with van der Waals surface area (Å²) >= 11 is 0. The van der Waals surface area contributed by atoms with E-state index in [9.17, 15) is 10.2 Å². The number of rotatable bonds is 5. The van der Waals surface area contributed by atoms with Crippen LogP contribution in [0.4, 0.5) is 0 Å². The van der Waals surface area contributed by atoms with Gasteiger partial charge in [0.15, 0.2) is 11.5 Å². The van der Waals surface area contributed by atoms with Crippen molar-refractivity contribution in [3.05, 3.63) is 17.7 Å². The molecule has 0 aliphatic rings. The van der Waals surface area contributed by atoms with Gasteiger partial charge in [-0.15, -0.1) is 0 Å². The molecule has 0 spiro atoms. The molecule has 0 radical (unpaired) electrons. The first-order valence-electron chi connectivity index (χ1n) is 5.31. The monoisotopic (exact) mass is 226 g/mol. The van der Waals surface area contributed by atoms with Crippen LogP contribution in [-0.2, 0) is 0 Å². The second-order valence-electron chi connectivity index (χ2n) is 3.59. The highest BCUT2D eigenvalue weighted by atomic mass is 16.5. The van der Waals surface area contributed by atoms with E-state index >= 15 is 0 Å². The van der Waals surface area contributed by atoms with Crippen LogP contribution in [0.3, 0.4) is 0 Å². The number of aromatic hydroxyl groups is 1. The van der Waals surface area contributed by atoms with Crippen LogP contribution >= 0.6 is 0 Å². The highest BCUT2D eigenvalue weighted by molar-refractivity contribution is 5.51. The van der Waals surface area contributed by atoms with E-state index in [1.807, 2.05) is 6.92 Å². The summed E-state index contributed by atoms with van der Waals surface area (Å²) in [6, 6.07) is 3.20. The van der Waals surface area contributed by atoms with E-state index in [2.05, 4.69) is 0 Å². The largest absolute Gasteiger partial charge is 0.504 e. The molecule has 1 rings (SSSR count). The van der Waals surface area contributed by atoms with Gasteiger partial charge < -0.3 is 19.7 Å².